The number of nitrogen functional groups attached to an aromatic ring is 1. The van der Waals surface area contributed by atoms with Gasteiger partial charge in [0.05, 0.1) is 32.5 Å². The van der Waals surface area contributed by atoms with Crippen LogP contribution in [0.5, 0.6) is 0 Å². The maximum atomic E-state index is 13.4. The molecule has 2 unspecified atom stereocenters. The normalized spacial score (nSPS) is 21.9. The van der Waals surface area contributed by atoms with Gasteiger partial charge >= 0.3 is 6.18 Å². The number of aromatic nitrogens is 4. The molecule has 2 aromatic heterocycles. The number of likely N-dealkylation sites (tertiary alicyclic amines) is 1. The average molecular weight is 552 g/mol. The number of ether oxygens (including phenoxy) is 1. The highest BCUT2D eigenvalue weighted by Gasteiger charge is 2.44. The minimum Gasteiger partial charge on any atom is -0.382 e. The van der Waals surface area contributed by atoms with Gasteiger partial charge in [-0.05, 0) is 67.7 Å². The second kappa shape index (κ2) is 12.5. The molecule has 0 bridgehead atoms. The number of hydrogen-bond acceptors (Lipinski definition) is 6. The molecule has 7 nitrogen and oxygen atoms in total. The van der Waals surface area contributed by atoms with Gasteiger partial charge in [0.15, 0.2) is 0 Å². The number of nitrogens with zero attached hydrogens (tertiary/aromatic N) is 5. The maximum Gasteiger partial charge on any atom is 0.417 e. The lowest BCUT2D eigenvalue weighted by Gasteiger charge is -2.45. The van der Waals surface area contributed by atoms with E-state index in [2.05, 4.69) is 20.2 Å². The van der Waals surface area contributed by atoms with Crippen LogP contribution < -0.4 is 5.73 Å². The van der Waals surface area contributed by atoms with Crippen molar-refractivity contribution in [3.8, 4) is 11.3 Å². The Kier molecular flexibility index (Phi) is 9.50. The van der Waals surface area contributed by atoms with E-state index in [0.717, 1.165) is 51.0 Å². The zero-order valence-corrected chi connectivity index (χ0v) is 23.5. The molecule has 4 heterocycles. The van der Waals surface area contributed by atoms with E-state index in [1.165, 1.54) is 54.4 Å². The molecular weight excluding hydrogens is 515 g/mol. The molecule has 3 fully saturated rings. The highest BCUT2D eigenvalue weighted by molar-refractivity contribution is 6.40. The van der Waals surface area contributed by atoms with Crippen LogP contribution in [0.2, 0.25) is 0 Å². The molecule has 0 amide bonds. The van der Waals surface area contributed by atoms with Crippen LogP contribution in [-0.4, -0.2) is 72.2 Å². The van der Waals surface area contributed by atoms with Gasteiger partial charge < -0.3 is 15.4 Å². The Hall–Kier alpha value is -2.59. The largest absolute Gasteiger partial charge is 0.417 e. The molecule has 4 radical (unpaired) electrons. The summed E-state index contributed by atoms with van der Waals surface area (Å²) >= 11 is 0. The van der Waals surface area contributed by atoms with E-state index in [1.807, 2.05) is 13.8 Å². The smallest absolute Gasteiger partial charge is 0.382 e. The van der Waals surface area contributed by atoms with Gasteiger partial charge in [-0.3, -0.25) is 4.68 Å². The molecule has 2 N–H and O–H groups in total. The molecule has 2 saturated heterocycles. The molecular formula is C28H37B2F3N6O. The number of anilines is 1. The number of hydrogen-bond donors (Lipinski definition) is 1. The number of halogens is 3. The molecule has 6 rings (SSSR count). The maximum absolute atomic E-state index is 13.4. The summed E-state index contributed by atoms with van der Waals surface area (Å²) in [5.74, 6) is 2.27. The molecule has 0 spiro atoms. The van der Waals surface area contributed by atoms with E-state index in [0.29, 0.717) is 5.92 Å². The van der Waals surface area contributed by atoms with Crippen molar-refractivity contribution in [3.05, 3.63) is 36.0 Å². The van der Waals surface area contributed by atoms with Gasteiger partial charge in [-0.2, -0.15) is 18.3 Å². The molecule has 12 heteroatoms. The van der Waals surface area contributed by atoms with Crippen molar-refractivity contribution in [1.29, 1.82) is 0 Å². The summed E-state index contributed by atoms with van der Waals surface area (Å²) in [4.78, 5) is 2.36. The minimum atomic E-state index is -4.53. The van der Waals surface area contributed by atoms with Crippen LogP contribution in [-0.2, 0) is 18.0 Å². The SMILES string of the molecule is CC.Cn1cc2c(C(F)(F)F)c(-c3ccc(N)nn3)ccc2n1.[B]C([B])(C1CCOCC1)N1CC2CCCC2C1. The van der Waals surface area contributed by atoms with Crippen LogP contribution in [0.1, 0.15) is 51.5 Å². The summed E-state index contributed by atoms with van der Waals surface area (Å²) in [6, 6.07) is 5.70. The molecule has 1 saturated carbocycles. The van der Waals surface area contributed by atoms with Gasteiger partial charge in [-0.15, -0.1) is 10.2 Å². The third-order valence-corrected chi connectivity index (χ3v) is 8.20. The van der Waals surface area contributed by atoms with Crippen LogP contribution in [0.4, 0.5) is 19.0 Å². The van der Waals surface area contributed by atoms with Gasteiger partial charge in [0.2, 0.25) is 0 Å². The third-order valence-electron chi connectivity index (χ3n) is 8.20. The second-order valence-electron chi connectivity index (χ2n) is 10.7. The summed E-state index contributed by atoms with van der Waals surface area (Å²) in [5, 5.41) is 10.8. The van der Waals surface area contributed by atoms with E-state index in [-0.39, 0.29) is 28.0 Å². The fourth-order valence-corrected chi connectivity index (χ4v) is 6.19. The highest BCUT2D eigenvalue weighted by Crippen LogP contribution is 2.42. The fraction of sp³-hybridized carbons (Fsp3) is 0.607. The second-order valence-corrected chi connectivity index (χ2v) is 10.7. The van der Waals surface area contributed by atoms with Crippen LogP contribution in [0.3, 0.4) is 0 Å². The lowest BCUT2D eigenvalue weighted by atomic mass is 9.52. The monoisotopic (exact) mass is 552 g/mol. The van der Waals surface area contributed by atoms with E-state index in [1.54, 1.807) is 7.05 Å². The number of aryl methyl sites for hydroxylation is 1. The van der Waals surface area contributed by atoms with Crippen molar-refractivity contribution in [2.75, 3.05) is 32.0 Å². The third kappa shape index (κ3) is 6.48. The quantitative estimate of drug-likeness (QED) is 0.471. The van der Waals surface area contributed by atoms with Gasteiger partial charge in [0.25, 0.3) is 0 Å². The highest BCUT2D eigenvalue weighted by atomic mass is 19.4. The summed E-state index contributed by atoms with van der Waals surface area (Å²) in [6.07, 6.45) is 3.00. The summed E-state index contributed by atoms with van der Waals surface area (Å²) in [5.41, 5.74) is 4.98. The van der Waals surface area contributed by atoms with Gasteiger partial charge in [0, 0.05) is 50.5 Å². The van der Waals surface area contributed by atoms with Crippen molar-refractivity contribution in [2.45, 2.75) is 57.5 Å². The van der Waals surface area contributed by atoms with Crippen molar-refractivity contribution in [2.24, 2.45) is 24.8 Å². The zero-order chi connectivity index (χ0) is 29.1. The Labute approximate surface area is 236 Å². The first-order chi connectivity index (χ1) is 19.0. The number of nitrogens with two attached hydrogens (primary N) is 1. The average Bonchev–Trinajstić information content (AvgIpc) is 3.65. The van der Waals surface area contributed by atoms with Gasteiger partial charge in [0.1, 0.15) is 5.82 Å². The summed E-state index contributed by atoms with van der Waals surface area (Å²) in [6.45, 7) is 7.88. The minimum absolute atomic E-state index is 0.0288. The molecule has 1 aliphatic carbocycles. The van der Waals surface area contributed by atoms with Crippen LogP contribution in [0, 0.1) is 17.8 Å². The Morgan fingerprint density at radius 2 is 1.60 bits per heavy atom. The van der Waals surface area contributed by atoms with Crippen molar-refractivity contribution < 1.29 is 17.9 Å². The predicted molar refractivity (Wildman–Crippen MR) is 153 cm³/mol. The van der Waals surface area contributed by atoms with Crippen molar-refractivity contribution in [3.63, 3.8) is 0 Å². The van der Waals surface area contributed by atoms with Crippen LogP contribution >= 0.6 is 0 Å². The first-order valence-electron chi connectivity index (χ1n) is 14.1. The molecule has 2 aliphatic heterocycles. The number of benzene rings is 1. The standard InChI is InChI=1S/C13H21B2NO.C13H10F3N5.C2H6/c14-13(15,12-4-6-17-7-5-12)16-8-10-2-1-3-11(10)9-16;1-21-6-8-10(20-21)3-2-7(12(8)13(14,15)16)9-4-5-11(17)19-18-9;1-2/h10-12H,1-9H2;2-6H,1H3,(H2,17,19);1-2H3. The summed E-state index contributed by atoms with van der Waals surface area (Å²) in [7, 11) is 14.5. The number of rotatable bonds is 3. The van der Waals surface area contributed by atoms with Crippen LogP contribution in [0.15, 0.2) is 30.5 Å². The van der Waals surface area contributed by atoms with E-state index in [4.69, 9.17) is 26.2 Å². The van der Waals surface area contributed by atoms with E-state index >= 15 is 0 Å². The van der Waals surface area contributed by atoms with Gasteiger partial charge in [-0.25, -0.2) is 0 Å². The van der Waals surface area contributed by atoms with Crippen LogP contribution in [0.25, 0.3) is 22.2 Å². The molecule has 40 heavy (non-hydrogen) atoms. The summed E-state index contributed by atoms with van der Waals surface area (Å²) < 4.78 is 47.1. The first-order valence-corrected chi connectivity index (χ1v) is 14.1. The molecule has 1 aromatic carbocycles. The number of alkyl halides is 3. The van der Waals surface area contributed by atoms with E-state index in [9.17, 15) is 13.2 Å². The predicted octanol–water partition coefficient (Wildman–Crippen LogP) is 4.79. The topological polar surface area (TPSA) is 82.1 Å². The Morgan fingerprint density at radius 3 is 2.17 bits per heavy atom. The zero-order valence-electron chi connectivity index (χ0n) is 23.5. The number of fused-ring (bicyclic) bond motifs is 2. The molecule has 3 aromatic rings. The molecule has 212 valence electrons. The Balaban J connectivity index is 0.000000177. The molecule has 2 atom stereocenters. The lowest BCUT2D eigenvalue weighted by Crippen LogP contribution is -2.55. The van der Waals surface area contributed by atoms with Gasteiger partial charge in [-0.1, -0.05) is 25.6 Å². The first kappa shape index (κ1) is 30.4. The Morgan fingerprint density at radius 1 is 0.950 bits per heavy atom. The van der Waals surface area contributed by atoms with E-state index < -0.39 is 17.1 Å². The van der Waals surface area contributed by atoms with Crippen molar-refractivity contribution >= 4 is 32.4 Å². The Bertz CT molecular complexity index is 1250. The molecule has 3 aliphatic rings. The lowest BCUT2D eigenvalue weighted by molar-refractivity contribution is -0.135. The van der Waals surface area contributed by atoms with Crippen molar-refractivity contribution in [1.82, 2.24) is 24.9 Å². The fourth-order valence-electron chi connectivity index (χ4n) is 6.19.